The third-order valence-electron chi connectivity index (χ3n) is 3.55. The maximum absolute atomic E-state index is 5.79. The van der Waals surface area contributed by atoms with Gasteiger partial charge in [-0.3, -0.25) is 0 Å². The summed E-state index contributed by atoms with van der Waals surface area (Å²) in [6, 6.07) is 8.92. The lowest BCUT2D eigenvalue weighted by Gasteiger charge is -2.26. The molecule has 2 aromatic rings. The number of hydrogen-bond acceptors (Lipinski definition) is 5. The molecule has 1 unspecified atom stereocenters. The van der Waals surface area contributed by atoms with Crippen molar-refractivity contribution in [2.24, 2.45) is 0 Å². The zero-order valence-corrected chi connectivity index (χ0v) is 11.7. The Bertz CT molecular complexity index is 582. The first kappa shape index (κ1) is 12.3. The SMILES string of the molecule is COc1c(N)nsc1NC1CCCc2ccccc21. The van der Waals surface area contributed by atoms with Crippen LogP contribution in [0.15, 0.2) is 24.3 Å². The molecule has 0 amide bonds. The monoisotopic (exact) mass is 275 g/mol. The molecule has 1 aliphatic carbocycles. The van der Waals surface area contributed by atoms with Gasteiger partial charge in [-0.1, -0.05) is 24.3 Å². The standard InChI is InChI=1S/C14H17N3OS/c1-18-12-13(15)17-19-14(12)16-11-8-4-6-9-5-2-3-7-10(9)11/h2-3,5,7,11,16H,4,6,8H2,1H3,(H2,15,17). The van der Waals surface area contributed by atoms with E-state index >= 15 is 0 Å². The predicted molar refractivity (Wildman–Crippen MR) is 78.8 cm³/mol. The molecule has 0 spiro atoms. The number of nitrogens with two attached hydrogens (primary N) is 1. The molecular formula is C14H17N3OS. The summed E-state index contributed by atoms with van der Waals surface area (Å²) in [5.74, 6) is 1.12. The first-order valence-corrected chi connectivity index (χ1v) is 7.20. The molecule has 100 valence electrons. The van der Waals surface area contributed by atoms with E-state index in [1.807, 2.05) is 0 Å². The molecule has 3 N–H and O–H groups in total. The van der Waals surface area contributed by atoms with Gasteiger partial charge in [-0.15, -0.1) is 0 Å². The zero-order chi connectivity index (χ0) is 13.2. The molecule has 0 saturated carbocycles. The van der Waals surface area contributed by atoms with Gasteiger partial charge in [0.1, 0.15) is 0 Å². The van der Waals surface area contributed by atoms with E-state index in [1.165, 1.54) is 29.1 Å². The van der Waals surface area contributed by atoms with Crippen LogP contribution in [-0.2, 0) is 6.42 Å². The van der Waals surface area contributed by atoms with Gasteiger partial charge in [-0.05, 0) is 41.9 Å². The molecule has 0 radical (unpaired) electrons. The largest absolute Gasteiger partial charge is 0.490 e. The first-order chi connectivity index (χ1) is 9.29. The van der Waals surface area contributed by atoms with E-state index in [9.17, 15) is 0 Å². The number of aryl methyl sites for hydroxylation is 1. The molecular weight excluding hydrogens is 258 g/mol. The minimum absolute atomic E-state index is 0.318. The summed E-state index contributed by atoms with van der Waals surface area (Å²) in [5.41, 5.74) is 8.60. The van der Waals surface area contributed by atoms with Gasteiger partial charge in [-0.25, -0.2) is 0 Å². The summed E-state index contributed by atoms with van der Waals surface area (Å²) in [7, 11) is 1.63. The Kier molecular flexibility index (Phi) is 3.29. The van der Waals surface area contributed by atoms with E-state index < -0.39 is 0 Å². The van der Waals surface area contributed by atoms with Crippen LogP contribution in [0, 0.1) is 0 Å². The highest BCUT2D eigenvalue weighted by Gasteiger charge is 2.22. The molecule has 0 saturated heterocycles. The molecule has 0 bridgehead atoms. The van der Waals surface area contributed by atoms with Crippen LogP contribution >= 0.6 is 11.5 Å². The van der Waals surface area contributed by atoms with Crippen LogP contribution in [0.5, 0.6) is 5.75 Å². The fraction of sp³-hybridized carbons (Fsp3) is 0.357. The fourth-order valence-corrected chi connectivity index (χ4v) is 3.38. The van der Waals surface area contributed by atoms with E-state index in [4.69, 9.17) is 10.5 Å². The van der Waals surface area contributed by atoms with E-state index in [2.05, 4.69) is 34.0 Å². The Labute approximate surface area is 116 Å². The number of benzene rings is 1. The van der Waals surface area contributed by atoms with Crippen molar-refractivity contribution in [1.29, 1.82) is 0 Å². The van der Waals surface area contributed by atoms with Gasteiger partial charge in [0.15, 0.2) is 16.6 Å². The number of anilines is 2. The predicted octanol–water partition coefficient (Wildman–Crippen LogP) is 3.22. The first-order valence-electron chi connectivity index (χ1n) is 6.43. The third kappa shape index (κ3) is 2.26. The smallest absolute Gasteiger partial charge is 0.197 e. The Morgan fingerprint density at radius 3 is 3.11 bits per heavy atom. The molecule has 1 aromatic carbocycles. The summed E-state index contributed by atoms with van der Waals surface area (Å²) in [5, 5.41) is 4.45. The van der Waals surface area contributed by atoms with E-state index in [0.29, 0.717) is 17.6 Å². The maximum atomic E-state index is 5.79. The van der Waals surface area contributed by atoms with Crippen LogP contribution in [0.25, 0.3) is 0 Å². The van der Waals surface area contributed by atoms with Gasteiger partial charge >= 0.3 is 0 Å². The zero-order valence-electron chi connectivity index (χ0n) is 10.8. The molecule has 19 heavy (non-hydrogen) atoms. The number of methoxy groups -OCH3 is 1. The van der Waals surface area contributed by atoms with Crippen molar-refractivity contribution in [2.75, 3.05) is 18.2 Å². The van der Waals surface area contributed by atoms with Crippen LogP contribution in [0.2, 0.25) is 0 Å². The molecule has 4 nitrogen and oxygen atoms in total. The van der Waals surface area contributed by atoms with Crippen LogP contribution in [0.4, 0.5) is 10.8 Å². The van der Waals surface area contributed by atoms with Gasteiger partial charge in [0.05, 0.1) is 13.2 Å². The number of aromatic nitrogens is 1. The second-order valence-corrected chi connectivity index (χ2v) is 5.49. The van der Waals surface area contributed by atoms with Crippen molar-refractivity contribution in [3.8, 4) is 5.75 Å². The Morgan fingerprint density at radius 2 is 2.26 bits per heavy atom. The number of fused-ring (bicyclic) bond motifs is 1. The molecule has 0 aliphatic heterocycles. The Balaban J connectivity index is 1.88. The highest BCUT2D eigenvalue weighted by Crippen LogP contribution is 2.39. The highest BCUT2D eigenvalue weighted by atomic mass is 32.1. The minimum Gasteiger partial charge on any atom is -0.490 e. The Hall–Kier alpha value is -1.75. The molecule has 3 rings (SSSR count). The lowest BCUT2D eigenvalue weighted by Crippen LogP contribution is -2.17. The summed E-state index contributed by atoms with van der Waals surface area (Å²) < 4.78 is 9.45. The van der Waals surface area contributed by atoms with Gasteiger partial charge in [0.2, 0.25) is 0 Å². The van der Waals surface area contributed by atoms with Crippen LogP contribution in [0.1, 0.15) is 30.0 Å². The normalized spacial score (nSPS) is 17.8. The molecule has 0 fully saturated rings. The average Bonchev–Trinajstić information content (AvgIpc) is 2.79. The van der Waals surface area contributed by atoms with Gasteiger partial charge < -0.3 is 15.8 Å². The lowest BCUT2D eigenvalue weighted by molar-refractivity contribution is 0.418. The van der Waals surface area contributed by atoms with Crippen molar-refractivity contribution >= 4 is 22.4 Å². The van der Waals surface area contributed by atoms with E-state index in [0.717, 1.165) is 17.8 Å². The minimum atomic E-state index is 0.318. The topological polar surface area (TPSA) is 60.2 Å². The van der Waals surface area contributed by atoms with Crippen molar-refractivity contribution in [1.82, 2.24) is 4.37 Å². The molecule has 1 atom stereocenters. The van der Waals surface area contributed by atoms with Crippen molar-refractivity contribution < 1.29 is 4.74 Å². The number of nitrogen functional groups attached to an aromatic ring is 1. The second-order valence-electron chi connectivity index (χ2n) is 4.72. The van der Waals surface area contributed by atoms with Crippen LogP contribution in [0.3, 0.4) is 0 Å². The summed E-state index contributed by atoms with van der Waals surface area (Å²) in [4.78, 5) is 0. The van der Waals surface area contributed by atoms with Gasteiger partial charge in [0, 0.05) is 0 Å². The number of nitrogens with zero attached hydrogens (tertiary/aromatic N) is 1. The third-order valence-corrected chi connectivity index (χ3v) is 4.33. The summed E-state index contributed by atoms with van der Waals surface area (Å²) >= 11 is 1.36. The molecule has 5 heteroatoms. The van der Waals surface area contributed by atoms with Crippen molar-refractivity contribution in [3.63, 3.8) is 0 Å². The average molecular weight is 275 g/mol. The van der Waals surface area contributed by atoms with E-state index in [-0.39, 0.29) is 0 Å². The molecule has 1 heterocycles. The summed E-state index contributed by atoms with van der Waals surface area (Å²) in [6.07, 6.45) is 3.49. The van der Waals surface area contributed by atoms with Gasteiger partial charge in [0.25, 0.3) is 0 Å². The number of rotatable bonds is 3. The Morgan fingerprint density at radius 1 is 1.42 bits per heavy atom. The maximum Gasteiger partial charge on any atom is 0.197 e. The number of nitrogens with one attached hydrogen (secondary N) is 1. The quantitative estimate of drug-likeness (QED) is 0.903. The lowest BCUT2D eigenvalue weighted by atomic mass is 9.88. The summed E-state index contributed by atoms with van der Waals surface area (Å²) in [6.45, 7) is 0. The van der Waals surface area contributed by atoms with Crippen LogP contribution < -0.4 is 15.8 Å². The van der Waals surface area contributed by atoms with Crippen molar-refractivity contribution in [3.05, 3.63) is 35.4 Å². The van der Waals surface area contributed by atoms with E-state index in [1.54, 1.807) is 7.11 Å². The number of hydrogen-bond donors (Lipinski definition) is 2. The van der Waals surface area contributed by atoms with Crippen molar-refractivity contribution in [2.45, 2.75) is 25.3 Å². The van der Waals surface area contributed by atoms with Crippen LogP contribution in [-0.4, -0.2) is 11.5 Å². The molecule has 1 aromatic heterocycles. The highest BCUT2D eigenvalue weighted by molar-refractivity contribution is 7.11. The van der Waals surface area contributed by atoms with Gasteiger partial charge in [-0.2, -0.15) is 4.37 Å². The molecule has 1 aliphatic rings. The fourth-order valence-electron chi connectivity index (χ4n) is 2.65. The second kappa shape index (κ2) is 5.09. The number of ether oxygens (including phenoxy) is 1.